The fourth-order valence-corrected chi connectivity index (χ4v) is 3.85. The number of benzene rings is 1. The molecule has 1 saturated heterocycles. The summed E-state index contributed by atoms with van der Waals surface area (Å²) in [4.78, 5) is 21.3. The normalized spacial score (nSPS) is 15.1. The standard InChI is InChI=1S/C19H21N5O3S/c1-23-7-9-24(10-8-23)18-6-4-15(13-21-18)22-19(25)16-11-14(12-20)3-5-17(16)28(2,26)27/h3-6,11,13H,7-10H2,1-2H3,(H,22,25). The van der Waals surface area contributed by atoms with Crippen LogP contribution in [0, 0.1) is 11.3 Å². The number of amides is 1. The van der Waals surface area contributed by atoms with Crippen molar-refractivity contribution >= 4 is 27.2 Å². The number of nitrogens with zero attached hydrogens (tertiary/aromatic N) is 4. The zero-order chi connectivity index (χ0) is 20.3. The minimum absolute atomic E-state index is 0.0651. The van der Waals surface area contributed by atoms with Crippen LogP contribution in [0.1, 0.15) is 15.9 Å². The number of nitrogens with one attached hydrogen (secondary N) is 1. The van der Waals surface area contributed by atoms with Crippen molar-refractivity contribution in [3.63, 3.8) is 0 Å². The first-order valence-corrected chi connectivity index (χ1v) is 10.6. The molecule has 28 heavy (non-hydrogen) atoms. The second kappa shape index (κ2) is 7.96. The molecule has 1 N–H and O–H groups in total. The van der Waals surface area contributed by atoms with Crippen molar-refractivity contribution in [2.75, 3.05) is 49.7 Å². The number of rotatable bonds is 4. The first-order valence-electron chi connectivity index (χ1n) is 8.73. The Kier molecular flexibility index (Phi) is 5.63. The van der Waals surface area contributed by atoms with E-state index < -0.39 is 15.7 Å². The lowest BCUT2D eigenvalue weighted by Gasteiger charge is -2.33. The van der Waals surface area contributed by atoms with E-state index in [4.69, 9.17) is 5.26 Å². The maximum absolute atomic E-state index is 12.6. The van der Waals surface area contributed by atoms with Crippen molar-refractivity contribution in [3.8, 4) is 6.07 Å². The number of carbonyl (C=O) groups excluding carboxylic acids is 1. The number of aromatic nitrogens is 1. The van der Waals surface area contributed by atoms with Crippen LogP contribution in [0.15, 0.2) is 41.4 Å². The summed E-state index contributed by atoms with van der Waals surface area (Å²) < 4.78 is 23.9. The summed E-state index contributed by atoms with van der Waals surface area (Å²) in [6.07, 6.45) is 2.57. The van der Waals surface area contributed by atoms with E-state index in [2.05, 4.69) is 27.1 Å². The minimum atomic E-state index is -3.62. The van der Waals surface area contributed by atoms with E-state index in [0.717, 1.165) is 38.3 Å². The van der Waals surface area contributed by atoms with E-state index in [1.807, 2.05) is 12.1 Å². The molecule has 0 aliphatic carbocycles. The summed E-state index contributed by atoms with van der Waals surface area (Å²) in [5.74, 6) is 0.223. The van der Waals surface area contributed by atoms with Crippen LogP contribution >= 0.6 is 0 Å². The van der Waals surface area contributed by atoms with E-state index >= 15 is 0 Å². The Morgan fingerprint density at radius 3 is 2.46 bits per heavy atom. The van der Waals surface area contributed by atoms with Gasteiger partial charge in [-0.1, -0.05) is 0 Å². The van der Waals surface area contributed by atoms with Crippen LogP contribution < -0.4 is 10.2 Å². The molecule has 0 atom stereocenters. The van der Waals surface area contributed by atoms with E-state index in [0.29, 0.717) is 5.69 Å². The van der Waals surface area contributed by atoms with Crippen molar-refractivity contribution < 1.29 is 13.2 Å². The first-order chi connectivity index (χ1) is 13.3. The highest BCUT2D eigenvalue weighted by molar-refractivity contribution is 7.90. The van der Waals surface area contributed by atoms with E-state index in [1.54, 1.807) is 12.3 Å². The van der Waals surface area contributed by atoms with Gasteiger partial charge in [-0.3, -0.25) is 4.79 Å². The predicted octanol–water partition coefficient (Wildman–Crippen LogP) is 1.36. The molecular formula is C19H21N5O3S. The van der Waals surface area contributed by atoms with Gasteiger partial charge in [-0.15, -0.1) is 0 Å². The molecule has 1 aromatic heterocycles. The molecule has 2 aromatic rings. The van der Waals surface area contributed by atoms with E-state index in [9.17, 15) is 13.2 Å². The molecule has 0 bridgehead atoms. The molecule has 1 aliphatic heterocycles. The Labute approximate surface area is 164 Å². The number of anilines is 2. The van der Waals surface area contributed by atoms with Crippen molar-refractivity contribution in [1.82, 2.24) is 9.88 Å². The Balaban J connectivity index is 1.79. The van der Waals surface area contributed by atoms with Crippen molar-refractivity contribution in [3.05, 3.63) is 47.7 Å². The average Bonchev–Trinajstić information content (AvgIpc) is 2.68. The van der Waals surface area contributed by atoms with Crippen molar-refractivity contribution in [1.29, 1.82) is 5.26 Å². The Bertz CT molecular complexity index is 1020. The summed E-state index contributed by atoms with van der Waals surface area (Å²) in [7, 11) is -1.54. The number of sulfone groups is 1. The highest BCUT2D eigenvalue weighted by atomic mass is 32.2. The number of likely N-dealkylation sites (N-methyl/N-ethyl adjacent to an activating group) is 1. The lowest BCUT2D eigenvalue weighted by Crippen LogP contribution is -2.44. The van der Waals surface area contributed by atoms with Gasteiger partial charge in [0, 0.05) is 32.4 Å². The Morgan fingerprint density at radius 1 is 1.18 bits per heavy atom. The molecule has 0 saturated carbocycles. The van der Waals surface area contributed by atoms with Gasteiger partial charge in [0.1, 0.15) is 5.82 Å². The quantitative estimate of drug-likeness (QED) is 0.827. The lowest BCUT2D eigenvalue weighted by molar-refractivity contribution is 0.102. The second-order valence-corrected chi connectivity index (χ2v) is 8.73. The Hall–Kier alpha value is -2.96. The fraction of sp³-hybridized carbons (Fsp3) is 0.316. The van der Waals surface area contributed by atoms with E-state index in [-0.39, 0.29) is 16.0 Å². The van der Waals surface area contributed by atoms with Gasteiger partial charge in [0.15, 0.2) is 9.84 Å². The van der Waals surface area contributed by atoms with Crippen molar-refractivity contribution in [2.45, 2.75) is 4.90 Å². The van der Waals surface area contributed by atoms with Crippen LogP contribution in [0.5, 0.6) is 0 Å². The number of piperazine rings is 1. The van der Waals surface area contributed by atoms with E-state index in [1.165, 1.54) is 18.2 Å². The predicted molar refractivity (Wildman–Crippen MR) is 106 cm³/mol. The number of nitriles is 1. The van der Waals surface area contributed by atoms with Gasteiger partial charge < -0.3 is 15.1 Å². The van der Waals surface area contributed by atoms with Crippen LogP contribution in [-0.4, -0.2) is 63.7 Å². The minimum Gasteiger partial charge on any atom is -0.354 e. The van der Waals surface area contributed by atoms with Gasteiger partial charge in [0.25, 0.3) is 5.91 Å². The smallest absolute Gasteiger partial charge is 0.257 e. The van der Waals surface area contributed by atoms with Gasteiger partial charge in [0.05, 0.1) is 34.0 Å². The first kappa shape index (κ1) is 19.8. The van der Waals surface area contributed by atoms with Gasteiger partial charge in [-0.2, -0.15) is 5.26 Å². The number of carbonyl (C=O) groups is 1. The third-order valence-electron chi connectivity index (χ3n) is 4.59. The largest absolute Gasteiger partial charge is 0.354 e. The van der Waals surface area contributed by atoms with Crippen LogP contribution in [0.25, 0.3) is 0 Å². The molecule has 9 heteroatoms. The molecule has 8 nitrogen and oxygen atoms in total. The molecular weight excluding hydrogens is 378 g/mol. The zero-order valence-electron chi connectivity index (χ0n) is 15.7. The molecule has 2 heterocycles. The Morgan fingerprint density at radius 2 is 1.89 bits per heavy atom. The topological polar surface area (TPSA) is 106 Å². The summed E-state index contributed by atoms with van der Waals surface area (Å²) in [5.41, 5.74) is 0.593. The van der Waals surface area contributed by atoms with Crippen LogP contribution in [0.3, 0.4) is 0 Å². The molecule has 1 fully saturated rings. The molecule has 1 amide bonds. The average molecular weight is 399 g/mol. The molecule has 0 spiro atoms. The van der Waals surface area contributed by atoms with Gasteiger partial charge in [-0.05, 0) is 37.4 Å². The van der Waals surface area contributed by atoms with Crippen LogP contribution in [-0.2, 0) is 9.84 Å². The van der Waals surface area contributed by atoms with Gasteiger partial charge >= 0.3 is 0 Å². The number of hydrogen-bond donors (Lipinski definition) is 1. The van der Waals surface area contributed by atoms with Gasteiger partial charge in [-0.25, -0.2) is 13.4 Å². The lowest BCUT2D eigenvalue weighted by atomic mass is 10.1. The molecule has 0 radical (unpaired) electrons. The summed E-state index contributed by atoms with van der Waals surface area (Å²) in [5, 5.41) is 11.7. The number of pyridine rings is 1. The summed E-state index contributed by atoms with van der Waals surface area (Å²) in [6.45, 7) is 3.69. The molecule has 0 unspecified atom stereocenters. The second-order valence-electron chi connectivity index (χ2n) is 6.74. The number of hydrogen-bond acceptors (Lipinski definition) is 7. The summed E-state index contributed by atoms with van der Waals surface area (Å²) >= 11 is 0. The third kappa shape index (κ3) is 4.47. The highest BCUT2D eigenvalue weighted by Crippen LogP contribution is 2.20. The van der Waals surface area contributed by atoms with Gasteiger partial charge in [0.2, 0.25) is 0 Å². The zero-order valence-corrected chi connectivity index (χ0v) is 16.5. The summed E-state index contributed by atoms with van der Waals surface area (Å²) in [6, 6.07) is 9.39. The van der Waals surface area contributed by atoms with Crippen LogP contribution in [0.2, 0.25) is 0 Å². The molecule has 1 aromatic carbocycles. The molecule has 3 rings (SSSR count). The fourth-order valence-electron chi connectivity index (χ4n) is 2.98. The highest BCUT2D eigenvalue weighted by Gasteiger charge is 2.20. The van der Waals surface area contributed by atoms with Crippen LogP contribution in [0.4, 0.5) is 11.5 Å². The third-order valence-corrected chi connectivity index (χ3v) is 5.74. The van der Waals surface area contributed by atoms with Crippen molar-refractivity contribution in [2.24, 2.45) is 0 Å². The maximum atomic E-state index is 12.6. The monoisotopic (exact) mass is 399 g/mol. The SMILES string of the molecule is CN1CCN(c2ccc(NC(=O)c3cc(C#N)ccc3S(C)(=O)=O)cn2)CC1. The molecule has 146 valence electrons. The molecule has 1 aliphatic rings. The maximum Gasteiger partial charge on any atom is 0.257 e.